The smallest absolute Gasteiger partial charge is 0.317 e. The van der Waals surface area contributed by atoms with Crippen molar-refractivity contribution >= 4 is 6.03 Å². The van der Waals surface area contributed by atoms with Crippen LogP contribution in [0.4, 0.5) is 9.18 Å². The number of fused-ring (bicyclic) bond motifs is 5. The average molecular weight is 344 g/mol. The molecule has 4 fully saturated rings. The highest BCUT2D eigenvalue weighted by molar-refractivity contribution is 5.76. The number of aliphatic hydroxyl groups excluding tert-OH is 1. The van der Waals surface area contributed by atoms with Crippen LogP contribution in [0, 0.1) is 29.5 Å². The first-order valence-corrected chi connectivity index (χ1v) is 9.62. The second-order valence-corrected chi connectivity index (χ2v) is 8.41. The van der Waals surface area contributed by atoms with Crippen LogP contribution in [0.2, 0.25) is 0 Å². The standard InChI is InChI=1S/C20H25FN2O2/c21-14-5-3-11(4-6-14)16(24)10-23(15-7-8-15)20(25)22-19-17-12-1-2-13(9-12)18(17)19/h3-6,12-13,15-19,24H,1-2,7-10H2,(H,22,25). The summed E-state index contributed by atoms with van der Waals surface area (Å²) in [5, 5.41) is 13.7. The Morgan fingerprint density at radius 2 is 1.80 bits per heavy atom. The summed E-state index contributed by atoms with van der Waals surface area (Å²) in [6, 6.07) is 6.45. The SMILES string of the molecule is O=C(NC1C2C3CCC(C3)C12)N(CC(O)c1ccc(F)cc1)C1CC1. The molecule has 4 aliphatic carbocycles. The number of nitrogens with zero attached hydrogens (tertiary/aromatic N) is 1. The molecule has 4 aliphatic rings. The predicted octanol–water partition coefficient (Wildman–Crippen LogP) is 3.08. The van der Waals surface area contributed by atoms with Gasteiger partial charge in [0.15, 0.2) is 0 Å². The van der Waals surface area contributed by atoms with E-state index in [4.69, 9.17) is 0 Å². The van der Waals surface area contributed by atoms with Gasteiger partial charge < -0.3 is 15.3 Å². The number of carbonyl (C=O) groups is 1. The molecule has 0 aliphatic heterocycles. The molecule has 5 unspecified atom stereocenters. The van der Waals surface area contributed by atoms with Crippen LogP contribution in [0.15, 0.2) is 24.3 Å². The zero-order valence-corrected chi connectivity index (χ0v) is 14.3. The summed E-state index contributed by atoms with van der Waals surface area (Å²) in [7, 11) is 0. The molecule has 2 amide bonds. The van der Waals surface area contributed by atoms with Gasteiger partial charge in [0.2, 0.25) is 0 Å². The van der Waals surface area contributed by atoms with Crippen LogP contribution in [-0.2, 0) is 0 Å². The van der Waals surface area contributed by atoms with Gasteiger partial charge in [0, 0.05) is 12.1 Å². The van der Waals surface area contributed by atoms with Crippen LogP contribution in [0.25, 0.3) is 0 Å². The molecule has 0 aromatic heterocycles. The van der Waals surface area contributed by atoms with Crippen LogP contribution in [0.1, 0.15) is 43.8 Å². The maximum atomic E-state index is 13.1. The van der Waals surface area contributed by atoms with Gasteiger partial charge in [-0.3, -0.25) is 0 Å². The third-order valence-corrected chi connectivity index (χ3v) is 6.90. The van der Waals surface area contributed by atoms with Crippen molar-refractivity contribution in [1.29, 1.82) is 0 Å². The molecule has 0 saturated heterocycles. The van der Waals surface area contributed by atoms with Crippen molar-refractivity contribution in [3.8, 4) is 0 Å². The van der Waals surface area contributed by atoms with E-state index in [1.54, 1.807) is 17.0 Å². The fourth-order valence-corrected chi connectivity index (χ4v) is 5.50. The van der Waals surface area contributed by atoms with Gasteiger partial charge in [-0.15, -0.1) is 0 Å². The number of carbonyl (C=O) groups excluding carboxylic acids is 1. The molecule has 5 heteroatoms. The summed E-state index contributed by atoms with van der Waals surface area (Å²) in [6.07, 6.45) is 5.29. The Balaban J connectivity index is 1.22. The fourth-order valence-electron chi connectivity index (χ4n) is 5.50. The molecule has 2 N–H and O–H groups in total. The highest BCUT2D eigenvalue weighted by atomic mass is 19.1. The summed E-state index contributed by atoms with van der Waals surface area (Å²) in [5.41, 5.74) is 0.654. The van der Waals surface area contributed by atoms with Gasteiger partial charge in [-0.1, -0.05) is 12.1 Å². The normalized spacial score (nSPS) is 36.0. The third kappa shape index (κ3) is 2.73. The highest BCUT2D eigenvalue weighted by Crippen LogP contribution is 2.65. The Bertz CT molecular complexity index is 659. The van der Waals surface area contributed by atoms with Gasteiger partial charge in [-0.05, 0) is 73.5 Å². The Kier molecular flexibility index (Phi) is 3.56. The summed E-state index contributed by atoms with van der Waals surface area (Å²) in [6.45, 7) is 0.275. The molecule has 1 aromatic rings. The first-order valence-electron chi connectivity index (χ1n) is 9.62. The minimum Gasteiger partial charge on any atom is -0.387 e. The number of hydrogen-bond donors (Lipinski definition) is 2. The predicted molar refractivity (Wildman–Crippen MR) is 91.2 cm³/mol. The van der Waals surface area contributed by atoms with Crippen molar-refractivity contribution in [2.75, 3.05) is 6.54 Å². The van der Waals surface area contributed by atoms with Gasteiger partial charge in [0.1, 0.15) is 5.82 Å². The van der Waals surface area contributed by atoms with Crippen LogP contribution < -0.4 is 5.32 Å². The lowest BCUT2D eigenvalue weighted by Crippen LogP contribution is -2.45. The molecule has 5 atom stereocenters. The average Bonchev–Trinajstić information content (AvgIpc) is 3.50. The van der Waals surface area contributed by atoms with Crippen molar-refractivity contribution in [3.63, 3.8) is 0 Å². The Morgan fingerprint density at radius 1 is 1.16 bits per heavy atom. The maximum absolute atomic E-state index is 13.1. The Hall–Kier alpha value is -1.62. The van der Waals surface area contributed by atoms with Gasteiger partial charge in [-0.25, -0.2) is 9.18 Å². The van der Waals surface area contributed by atoms with Crippen LogP contribution in [-0.4, -0.2) is 34.7 Å². The fraction of sp³-hybridized carbons (Fsp3) is 0.650. The molecule has 134 valence electrons. The van der Waals surface area contributed by atoms with E-state index >= 15 is 0 Å². The number of rotatable bonds is 5. The molecule has 0 radical (unpaired) electrons. The largest absolute Gasteiger partial charge is 0.387 e. The number of nitrogens with one attached hydrogen (secondary N) is 1. The van der Waals surface area contributed by atoms with Gasteiger partial charge >= 0.3 is 6.03 Å². The van der Waals surface area contributed by atoms with E-state index < -0.39 is 6.10 Å². The molecule has 5 rings (SSSR count). The monoisotopic (exact) mass is 344 g/mol. The molecule has 25 heavy (non-hydrogen) atoms. The minimum absolute atomic E-state index is 0.0255. The molecular weight excluding hydrogens is 319 g/mol. The van der Waals surface area contributed by atoms with E-state index in [9.17, 15) is 14.3 Å². The van der Waals surface area contributed by atoms with Gasteiger partial charge in [0.25, 0.3) is 0 Å². The van der Waals surface area contributed by atoms with E-state index in [0.29, 0.717) is 23.4 Å². The molecular formula is C20H25FN2O2. The number of aliphatic hydroxyl groups is 1. The topological polar surface area (TPSA) is 52.6 Å². The van der Waals surface area contributed by atoms with E-state index in [0.717, 1.165) is 24.7 Å². The first kappa shape index (κ1) is 15.6. The molecule has 4 nitrogen and oxygen atoms in total. The number of benzene rings is 1. The Labute approximate surface area is 147 Å². The van der Waals surface area contributed by atoms with Crippen molar-refractivity contribution in [2.24, 2.45) is 23.7 Å². The zero-order valence-electron chi connectivity index (χ0n) is 14.3. The molecule has 0 heterocycles. The number of amides is 2. The maximum Gasteiger partial charge on any atom is 0.317 e. The minimum atomic E-state index is -0.776. The molecule has 2 bridgehead atoms. The zero-order chi connectivity index (χ0) is 17.1. The van der Waals surface area contributed by atoms with Crippen molar-refractivity contribution in [2.45, 2.75) is 50.3 Å². The lowest BCUT2D eigenvalue weighted by atomic mass is 10.0. The number of hydrogen-bond acceptors (Lipinski definition) is 2. The molecule has 4 saturated carbocycles. The Morgan fingerprint density at radius 3 is 2.40 bits per heavy atom. The number of urea groups is 1. The summed E-state index contributed by atoms with van der Waals surface area (Å²) < 4.78 is 13.1. The van der Waals surface area contributed by atoms with E-state index in [-0.39, 0.29) is 24.4 Å². The van der Waals surface area contributed by atoms with Crippen LogP contribution >= 0.6 is 0 Å². The summed E-state index contributed by atoms with van der Waals surface area (Å²) in [5.74, 6) is 2.78. The van der Waals surface area contributed by atoms with Gasteiger partial charge in [-0.2, -0.15) is 0 Å². The lowest BCUT2D eigenvalue weighted by molar-refractivity contribution is 0.117. The van der Waals surface area contributed by atoms with E-state index in [2.05, 4.69) is 5.32 Å². The van der Waals surface area contributed by atoms with E-state index in [1.165, 1.54) is 31.4 Å². The quantitative estimate of drug-likeness (QED) is 0.862. The molecule has 1 aromatic carbocycles. The van der Waals surface area contributed by atoms with Crippen molar-refractivity contribution in [1.82, 2.24) is 10.2 Å². The van der Waals surface area contributed by atoms with Crippen molar-refractivity contribution < 1.29 is 14.3 Å². The number of halogens is 1. The second-order valence-electron chi connectivity index (χ2n) is 8.41. The second kappa shape index (κ2) is 5.70. The highest BCUT2D eigenvalue weighted by Gasteiger charge is 2.65. The lowest BCUT2D eigenvalue weighted by Gasteiger charge is -2.26. The van der Waals surface area contributed by atoms with Crippen LogP contribution in [0.3, 0.4) is 0 Å². The first-order chi connectivity index (χ1) is 12.1. The van der Waals surface area contributed by atoms with Gasteiger partial charge in [0.05, 0.1) is 12.6 Å². The van der Waals surface area contributed by atoms with E-state index in [1.807, 2.05) is 0 Å². The molecule has 0 spiro atoms. The summed E-state index contributed by atoms with van der Waals surface area (Å²) in [4.78, 5) is 14.6. The van der Waals surface area contributed by atoms with Crippen LogP contribution in [0.5, 0.6) is 0 Å². The van der Waals surface area contributed by atoms with Crippen molar-refractivity contribution in [3.05, 3.63) is 35.6 Å². The third-order valence-electron chi connectivity index (χ3n) is 6.90. The summed E-state index contributed by atoms with van der Waals surface area (Å²) >= 11 is 0.